The van der Waals surface area contributed by atoms with Crippen LogP contribution < -0.4 is 10.2 Å². The Morgan fingerprint density at radius 1 is 1.09 bits per heavy atom. The quantitative estimate of drug-likeness (QED) is 0.485. The zero-order chi connectivity index (χ0) is 23.8. The second kappa shape index (κ2) is 11.7. The molecule has 0 unspecified atom stereocenters. The van der Waals surface area contributed by atoms with Gasteiger partial charge in [-0.15, -0.1) is 10.2 Å². The summed E-state index contributed by atoms with van der Waals surface area (Å²) < 4.78 is 0. The van der Waals surface area contributed by atoms with Crippen LogP contribution in [0.4, 0.5) is 5.82 Å². The maximum Gasteiger partial charge on any atom is 0.224 e. The van der Waals surface area contributed by atoms with Crippen LogP contribution in [0.3, 0.4) is 0 Å². The number of amides is 1. The summed E-state index contributed by atoms with van der Waals surface area (Å²) in [7, 11) is 2.12. The lowest BCUT2D eigenvalue weighted by molar-refractivity contribution is -0.125. The number of rotatable bonds is 9. The maximum absolute atomic E-state index is 12.8. The first-order valence-electron chi connectivity index (χ1n) is 12.2. The van der Waals surface area contributed by atoms with Crippen LogP contribution in [0.1, 0.15) is 30.4 Å². The summed E-state index contributed by atoms with van der Waals surface area (Å²) in [5.74, 6) is 0.991. The third kappa shape index (κ3) is 6.64. The number of anilines is 1. The predicted molar refractivity (Wildman–Crippen MR) is 138 cm³/mol. The first-order chi connectivity index (χ1) is 16.6. The van der Waals surface area contributed by atoms with Crippen LogP contribution >= 0.6 is 0 Å². The van der Waals surface area contributed by atoms with Gasteiger partial charge in [0.15, 0.2) is 5.82 Å². The zero-order valence-electron chi connectivity index (χ0n) is 20.3. The van der Waals surface area contributed by atoms with E-state index in [-0.39, 0.29) is 11.8 Å². The highest BCUT2D eigenvalue weighted by Gasteiger charge is 2.26. The molecule has 0 bridgehead atoms. The average Bonchev–Trinajstić information content (AvgIpc) is 2.87. The molecule has 1 N–H and O–H groups in total. The van der Waals surface area contributed by atoms with E-state index in [1.807, 2.05) is 24.3 Å². The van der Waals surface area contributed by atoms with Gasteiger partial charge in [-0.2, -0.15) is 0 Å². The Morgan fingerprint density at radius 3 is 2.71 bits per heavy atom. The van der Waals surface area contributed by atoms with Crippen molar-refractivity contribution in [2.45, 2.75) is 32.7 Å². The molecule has 0 radical (unpaired) electrons. The minimum Gasteiger partial charge on any atom is -0.356 e. The number of hydrogen-bond acceptors (Lipinski definition) is 5. The Hall–Kier alpha value is -3.25. The second-order valence-corrected chi connectivity index (χ2v) is 9.30. The molecule has 1 atom stereocenters. The largest absolute Gasteiger partial charge is 0.356 e. The van der Waals surface area contributed by atoms with Gasteiger partial charge in [0.05, 0.1) is 11.6 Å². The van der Waals surface area contributed by atoms with Gasteiger partial charge in [-0.05, 0) is 63.5 Å². The normalized spacial score (nSPS) is 16.0. The SMILES string of the molecule is Cc1cccc(-c2ccc(N3CCC[C@@H](C(=O)NCCCN(C)Cc4ccccc4)C3)nn2)c1. The monoisotopic (exact) mass is 457 g/mol. The molecule has 2 heterocycles. The van der Waals surface area contributed by atoms with Gasteiger partial charge in [-0.3, -0.25) is 4.79 Å². The smallest absolute Gasteiger partial charge is 0.224 e. The maximum atomic E-state index is 12.8. The fraction of sp³-hybridized carbons (Fsp3) is 0.393. The molecule has 6 nitrogen and oxygen atoms in total. The number of carbonyl (C=O) groups excluding carboxylic acids is 1. The van der Waals surface area contributed by atoms with Gasteiger partial charge in [0.1, 0.15) is 0 Å². The number of carbonyl (C=O) groups is 1. The van der Waals surface area contributed by atoms with Crippen LogP contribution in [0, 0.1) is 12.8 Å². The van der Waals surface area contributed by atoms with E-state index in [1.54, 1.807) is 0 Å². The minimum absolute atomic E-state index is 0.00551. The van der Waals surface area contributed by atoms with Crippen LogP contribution in [-0.2, 0) is 11.3 Å². The zero-order valence-corrected chi connectivity index (χ0v) is 20.3. The van der Waals surface area contributed by atoms with Crippen molar-refractivity contribution in [3.63, 3.8) is 0 Å². The van der Waals surface area contributed by atoms with Crippen molar-refractivity contribution in [3.8, 4) is 11.3 Å². The topological polar surface area (TPSA) is 61.4 Å². The molecule has 1 fully saturated rings. The third-order valence-corrected chi connectivity index (χ3v) is 6.39. The van der Waals surface area contributed by atoms with Crippen molar-refractivity contribution in [2.24, 2.45) is 5.92 Å². The number of nitrogens with one attached hydrogen (secondary N) is 1. The number of hydrogen-bond donors (Lipinski definition) is 1. The first kappa shape index (κ1) is 23.9. The predicted octanol–water partition coefficient (Wildman–Crippen LogP) is 4.31. The van der Waals surface area contributed by atoms with E-state index < -0.39 is 0 Å². The third-order valence-electron chi connectivity index (χ3n) is 6.39. The van der Waals surface area contributed by atoms with Gasteiger partial charge in [0, 0.05) is 31.7 Å². The Balaban J connectivity index is 1.22. The fourth-order valence-electron chi connectivity index (χ4n) is 4.53. The molecule has 0 spiro atoms. The molecule has 1 aliphatic heterocycles. The summed E-state index contributed by atoms with van der Waals surface area (Å²) in [6.45, 7) is 6.27. The van der Waals surface area contributed by atoms with Gasteiger partial charge in [-0.25, -0.2) is 0 Å². The molecule has 178 valence electrons. The average molecular weight is 458 g/mol. The molecular weight excluding hydrogens is 422 g/mol. The molecule has 1 saturated heterocycles. The van der Waals surface area contributed by atoms with Crippen LogP contribution in [0.2, 0.25) is 0 Å². The summed E-state index contributed by atoms with van der Waals surface area (Å²) in [6.07, 6.45) is 2.85. The van der Waals surface area contributed by atoms with Crippen molar-refractivity contribution >= 4 is 11.7 Å². The summed E-state index contributed by atoms with van der Waals surface area (Å²) in [4.78, 5) is 17.3. The van der Waals surface area contributed by atoms with E-state index in [2.05, 4.69) is 81.7 Å². The molecule has 34 heavy (non-hydrogen) atoms. The first-order valence-corrected chi connectivity index (χ1v) is 12.2. The van der Waals surface area contributed by atoms with Gasteiger partial charge in [-0.1, -0.05) is 54.1 Å². The Labute approximate surface area is 203 Å². The van der Waals surface area contributed by atoms with Gasteiger partial charge >= 0.3 is 0 Å². The van der Waals surface area contributed by atoms with Crippen molar-refractivity contribution in [3.05, 3.63) is 77.9 Å². The second-order valence-electron chi connectivity index (χ2n) is 9.30. The van der Waals surface area contributed by atoms with Gasteiger partial charge < -0.3 is 15.1 Å². The lowest BCUT2D eigenvalue weighted by atomic mass is 9.97. The summed E-state index contributed by atoms with van der Waals surface area (Å²) in [6, 6.07) is 22.8. The van der Waals surface area contributed by atoms with E-state index in [4.69, 9.17) is 0 Å². The van der Waals surface area contributed by atoms with Crippen molar-refractivity contribution < 1.29 is 4.79 Å². The molecule has 6 heteroatoms. The number of aromatic nitrogens is 2. The van der Waals surface area contributed by atoms with E-state index in [0.717, 1.165) is 56.0 Å². The van der Waals surface area contributed by atoms with Gasteiger partial charge in [0.2, 0.25) is 5.91 Å². The molecule has 1 aromatic heterocycles. The van der Waals surface area contributed by atoms with Crippen LogP contribution in [0.5, 0.6) is 0 Å². The molecule has 1 amide bonds. The number of nitrogens with zero attached hydrogens (tertiary/aromatic N) is 4. The van der Waals surface area contributed by atoms with Crippen molar-refractivity contribution in [2.75, 3.05) is 38.1 Å². The van der Waals surface area contributed by atoms with Crippen molar-refractivity contribution in [1.29, 1.82) is 0 Å². The Kier molecular flexibility index (Phi) is 8.26. The number of piperidine rings is 1. The Morgan fingerprint density at radius 2 is 1.94 bits per heavy atom. The lowest BCUT2D eigenvalue weighted by Gasteiger charge is -2.32. The molecule has 0 saturated carbocycles. The van der Waals surface area contributed by atoms with E-state index in [0.29, 0.717) is 13.1 Å². The molecule has 3 aromatic rings. The van der Waals surface area contributed by atoms with Crippen LogP contribution in [0.25, 0.3) is 11.3 Å². The van der Waals surface area contributed by atoms with E-state index in [9.17, 15) is 4.79 Å². The van der Waals surface area contributed by atoms with Crippen LogP contribution in [0.15, 0.2) is 66.7 Å². The van der Waals surface area contributed by atoms with E-state index in [1.165, 1.54) is 11.1 Å². The van der Waals surface area contributed by atoms with Gasteiger partial charge in [0.25, 0.3) is 0 Å². The summed E-state index contributed by atoms with van der Waals surface area (Å²) >= 11 is 0. The summed E-state index contributed by atoms with van der Waals surface area (Å²) in [5, 5.41) is 12.1. The molecule has 4 rings (SSSR count). The standard InChI is InChI=1S/C28H35N5O/c1-22-9-6-12-24(19-22)26-14-15-27(31-30-26)33-18-7-13-25(21-33)28(34)29-16-8-17-32(2)20-23-10-4-3-5-11-23/h3-6,9-12,14-15,19,25H,7-8,13,16-18,20-21H2,1-2H3,(H,29,34)/t25-/m1/s1. The van der Waals surface area contributed by atoms with Crippen LogP contribution in [-0.4, -0.2) is 54.2 Å². The van der Waals surface area contributed by atoms with Crippen molar-refractivity contribution in [1.82, 2.24) is 20.4 Å². The number of benzene rings is 2. The highest BCUT2D eigenvalue weighted by Crippen LogP contribution is 2.24. The summed E-state index contributed by atoms with van der Waals surface area (Å²) in [5.41, 5.74) is 4.46. The highest BCUT2D eigenvalue weighted by atomic mass is 16.1. The fourth-order valence-corrected chi connectivity index (χ4v) is 4.53. The molecule has 1 aliphatic rings. The lowest BCUT2D eigenvalue weighted by Crippen LogP contribution is -2.43. The Bertz CT molecular complexity index is 1050. The van der Waals surface area contributed by atoms with E-state index >= 15 is 0 Å². The molecule has 0 aliphatic carbocycles. The highest BCUT2D eigenvalue weighted by molar-refractivity contribution is 5.79. The molecular formula is C28H35N5O. The minimum atomic E-state index is -0.00551. The number of aryl methyl sites for hydroxylation is 1. The molecule has 2 aromatic carbocycles.